The lowest BCUT2D eigenvalue weighted by molar-refractivity contribution is 0.0491. The average molecular weight is 383 g/mol. The fourth-order valence-corrected chi connectivity index (χ4v) is 4.89. The molecule has 3 aromatic carbocycles. The van der Waals surface area contributed by atoms with Gasteiger partial charge in [0.25, 0.3) is 11.8 Å². The van der Waals surface area contributed by atoms with Crippen LogP contribution in [-0.2, 0) is 6.54 Å². The quantitative estimate of drug-likeness (QED) is 0.452. The van der Waals surface area contributed by atoms with E-state index in [-0.39, 0.29) is 0 Å². The number of fused-ring (bicyclic) bond motifs is 10. The normalized spacial score (nSPS) is 14.2. The second-order valence-electron chi connectivity index (χ2n) is 7.34. The molecule has 0 atom stereocenters. The Morgan fingerprint density at radius 1 is 0.897 bits per heavy atom. The molecule has 142 valence electrons. The number of aromatic nitrogens is 2. The molecule has 5 aromatic rings. The lowest BCUT2D eigenvalue weighted by Gasteiger charge is -2.08. The number of benzene rings is 3. The number of aliphatic hydroxyl groups is 1. The van der Waals surface area contributed by atoms with Crippen LogP contribution in [0.3, 0.4) is 0 Å². The number of nitrogens with zero attached hydrogens (tertiary/aromatic N) is 2. The number of carbonyl (C=O) groups excluding carboxylic acids is 2. The number of aromatic amines is 1. The Morgan fingerprint density at radius 3 is 2.28 bits per heavy atom. The Morgan fingerprint density at radius 2 is 1.55 bits per heavy atom. The molecule has 2 N–H and O–H groups in total. The highest BCUT2D eigenvalue weighted by molar-refractivity contribution is 6.39. The SMILES string of the molecule is CCn1c2ccccc2c2c3c(c4c5ccccc5[nH]c4c21)C(=O)N(CO)C3=O. The molecule has 0 unspecified atom stereocenters. The summed E-state index contributed by atoms with van der Waals surface area (Å²) in [7, 11) is 0. The molecule has 0 saturated carbocycles. The topological polar surface area (TPSA) is 78.3 Å². The molecule has 1 aliphatic heterocycles. The molecule has 6 rings (SSSR count). The second kappa shape index (κ2) is 5.46. The Hall–Kier alpha value is -3.64. The van der Waals surface area contributed by atoms with Crippen LogP contribution in [-0.4, -0.2) is 38.1 Å². The molecule has 6 nitrogen and oxygen atoms in total. The fourth-order valence-electron chi connectivity index (χ4n) is 4.89. The van der Waals surface area contributed by atoms with E-state index in [4.69, 9.17) is 0 Å². The Labute approximate surface area is 164 Å². The van der Waals surface area contributed by atoms with Crippen molar-refractivity contribution in [1.82, 2.24) is 14.5 Å². The van der Waals surface area contributed by atoms with Gasteiger partial charge in [0.2, 0.25) is 0 Å². The van der Waals surface area contributed by atoms with Crippen LogP contribution in [0.25, 0.3) is 43.6 Å². The molecular weight excluding hydrogens is 366 g/mol. The lowest BCUT2D eigenvalue weighted by Crippen LogP contribution is -2.30. The molecule has 0 bridgehead atoms. The van der Waals surface area contributed by atoms with Crippen LogP contribution in [0.5, 0.6) is 0 Å². The minimum Gasteiger partial charge on any atom is -0.376 e. The number of hydrogen-bond donors (Lipinski definition) is 2. The van der Waals surface area contributed by atoms with Crippen molar-refractivity contribution in [1.29, 1.82) is 0 Å². The van der Waals surface area contributed by atoms with E-state index in [2.05, 4.69) is 16.5 Å². The Balaban J connectivity index is 2.01. The van der Waals surface area contributed by atoms with E-state index in [0.29, 0.717) is 11.1 Å². The van der Waals surface area contributed by atoms with Crippen LogP contribution in [0.15, 0.2) is 48.5 Å². The van der Waals surface area contributed by atoms with E-state index >= 15 is 0 Å². The molecule has 2 amide bonds. The van der Waals surface area contributed by atoms with Gasteiger partial charge in [-0.3, -0.25) is 14.5 Å². The van der Waals surface area contributed by atoms with Crippen molar-refractivity contribution in [3.8, 4) is 0 Å². The smallest absolute Gasteiger partial charge is 0.264 e. The number of carbonyl (C=O) groups is 2. The molecule has 0 fully saturated rings. The molecule has 2 aromatic heterocycles. The zero-order chi connectivity index (χ0) is 19.9. The van der Waals surface area contributed by atoms with E-state index < -0.39 is 18.5 Å². The predicted molar refractivity (Wildman–Crippen MR) is 112 cm³/mol. The number of para-hydroxylation sites is 2. The summed E-state index contributed by atoms with van der Waals surface area (Å²) in [6.07, 6.45) is 0. The highest BCUT2D eigenvalue weighted by Crippen LogP contribution is 2.44. The molecule has 0 radical (unpaired) electrons. The first kappa shape index (κ1) is 16.3. The zero-order valence-corrected chi connectivity index (χ0v) is 15.7. The largest absolute Gasteiger partial charge is 0.376 e. The predicted octanol–water partition coefficient (Wildman–Crippen LogP) is 3.99. The minimum atomic E-state index is -0.635. The first-order chi connectivity index (χ1) is 14.2. The number of nitrogens with one attached hydrogen (secondary N) is 1. The molecule has 0 saturated heterocycles. The summed E-state index contributed by atoms with van der Waals surface area (Å²) in [4.78, 5) is 30.8. The third kappa shape index (κ3) is 1.80. The van der Waals surface area contributed by atoms with Crippen molar-refractivity contribution in [3.63, 3.8) is 0 Å². The number of rotatable bonds is 2. The molecule has 0 aliphatic carbocycles. The number of hydrogen-bond acceptors (Lipinski definition) is 3. The van der Waals surface area contributed by atoms with Gasteiger partial charge in [-0.15, -0.1) is 0 Å². The maximum atomic E-state index is 13.2. The van der Waals surface area contributed by atoms with E-state index in [9.17, 15) is 14.7 Å². The number of H-pyrrole nitrogens is 1. The molecular formula is C23H17N3O3. The summed E-state index contributed by atoms with van der Waals surface area (Å²) in [6, 6.07) is 15.7. The summed E-state index contributed by atoms with van der Waals surface area (Å²) in [5, 5.41) is 13.1. The van der Waals surface area contributed by atoms with Crippen molar-refractivity contribution < 1.29 is 14.7 Å². The molecule has 29 heavy (non-hydrogen) atoms. The highest BCUT2D eigenvalue weighted by Gasteiger charge is 2.41. The van der Waals surface area contributed by atoms with Gasteiger partial charge >= 0.3 is 0 Å². The Kier molecular flexibility index (Phi) is 3.07. The van der Waals surface area contributed by atoms with Gasteiger partial charge in [0, 0.05) is 39.1 Å². The van der Waals surface area contributed by atoms with Gasteiger partial charge in [0.1, 0.15) is 6.73 Å². The summed E-state index contributed by atoms with van der Waals surface area (Å²) in [5.74, 6) is -0.888. The van der Waals surface area contributed by atoms with E-state index in [0.717, 1.165) is 55.1 Å². The van der Waals surface area contributed by atoms with Crippen molar-refractivity contribution in [2.75, 3.05) is 6.73 Å². The second-order valence-corrected chi connectivity index (χ2v) is 7.34. The number of aryl methyl sites for hydroxylation is 1. The van der Waals surface area contributed by atoms with Crippen LogP contribution in [0.1, 0.15) is 27.6 Å². The zero-order valence-electron chi connectivity index (χ0n) is 15.7. The summed E-state index contributed by atoms with van der Waals surface area (Å²) in [6.45, 7) is 2.16. The number of amides is 2. The summed E-state index contributed by atoms with van der Waals surface area (Å²) >= 11 is 0. The van der Waals surface area contributed by atoms with Gasteiger partial charge < -0.3 is 14.7 Å². The van der Waals surface area contributed by atoms with Gasteiger partial charge in [-0.2, -0.15) is 0 Å². The highest BCUT2D eigenvalue weighted by atomic mass is 16.3. The van der Waals surface area contributed by atoms with Crippen LogP contribution in [0.4, 0.5) is 0 Å². The molecule has 6 heteroatoms. The van der Waals surface area contributed by atoms with Crippen LogP contribution < -0.4 is 0 Å². The van der Waals surface area contributed by atoms with Gasteiger partial charge in [0.05, 0.1) is 22.2 Å². The van der Waals surface area contributed by atoms with Crippen LogP contribution in [0, 0.1) is 0 Å². The minimum absolute atomic E-state index is 0.378. The van der Waals surface area contributed by atoms with Crippen LogP contribution >= 0.6 is 0 Å². The average Bonchev–Trinajstić information content (AvgIpc) is 3.36. The first-order valence-electron chi connectivity index (χ1n) is 9.61. The van der Waals surface area contributed by atoms with Gasteiger partial charge in [-0.1, -0.05) is 36.4 Å². The van der Waals surface area contributed by atoms with E-state index in [1.54, 1.807) is 0 Å². The summed E-state index contributed by atoms with van der Waals surface area (Å²) < 4.78 is 2.18. The van der Waals surface area contributed by atoms with Crippen LogP contribution in [0.2, 0.25) is 0 Å². The van der Waals surface area contributed by atoms with Crippen molar-refractivity contribution in [3.05, 3.63) is 59.7 Å². The first-order valence-corrected chi connectivity index (χ1v) is 9.61. The standard InChI is InChI=1S/C23H17N3O3/c1-2-25-15-10-6-4-8-13(15)17-19-18(22(28)26(11-27)23(19)29)16-12-7-3-5-9-14(12)24-20(16)21(17)25/h3-10,24,27H,2,11H2,1H3. The maximum Gasteiger partial charge on any atom is 0.264 e. The van der Waals surface area contributed by atoms with E-state index in [1.807, 2.05) is 48.5 Å². The Bertz CT molecular complexity index is 1520. The lowest BCUT2D eigenvalue weighted by atomic mass is 9.97. The van der Waals surface area contributed by atoms with Gasteiger partial charge in [0.15, 0.2) is 0 Å². The van der Waals surface area contributed by atoms with Gasteiger partial charge in [-0.25, -0.2) is 0 Å². The van der Waals surface area contributed by atoms with Crippen molar-refractivity contribution in [2.24, 2.45) is 0 Å². The molecule has 3 heterocycles. The third-order valence-corrected chi connectivity index (χ3v) is 6.04. The fraction of sp³-hybridized carbons (Fsp3) is 0.130. The van der Waals surface area contributed by atoms with Crippen molar-refractivity contribution in [2.45, 2.75) is 13.5 Å². The monoisotopic (exact) mass is 383 g/mol. The number of aliphatic hydroxyl groups excluding tert-OH is 1. The molecule has 0 spiro atoms. The maximum absolute atomic E-state index is 13.2. The molecule has 1 aliphatic rings. The van der Waals surface area contributed by atoms with Gasteiger partial charge in [-0.05, 0) is 19.1 Å². The number of imide groups is 1. The summed E-state index contributed by atoms with van der Waals surface area (Å²) in [5.41, 5.74) is 4.45. The third-order valence-electron chi connectivity index (χ3n) is 6.04. The van der Waals surface area contributed by atoms with Crippen molar-refractivity contribution >= 4 is 55.4 Å². The van der Waals surface area contributed by atoms with E-state index in [1.165, 1.54) is 0 Å².